The topological polar surface area (TPSA) is 48.1 Å². The molecule has 0 amide bonds. The monoisotopic (exact) mass is 262 g/mol. The van der Waals surface area contributed by atoms with Crippen LogP contribution in [0, 0.1) is 13.8 Å². The molecule has 96 valence electrons. The average molecular weight is 262 g/mol. The summed E-state index contributed by atoms with van der Waals surface area (Å²) >= 11 is 1.67. The smallest absolute Gasteiger partial charge is 0.140 e. The first-order valence-corrected chi connectivity index (χ1v) is 6.84. The predicted octanol–water partition coefficient (Wildman–Crippen LogP) is 2.84. The van der Waals surface area contributed by atoms with Crippen LogP contribution in [0.4, 0.5) is 0 Å². The van der Waals surface area contributed by atoms with Crippen molar-refractivity contribution in [2.24, 2.45) is 5.73 Å². The van der Waals surface area contributed by atoms with Crippen LogP contribution in [0.15, 0.2) is 24.4 Å². The highest BCUT2D eigenvalue weighted by Crippen LogP contribution is 2.19. The average Bonchev–Trinajstić information content (AvgIpc) is 2.79. The normalized spacial score (nSPS) is 10.6. The van der Waals surface area contributed by atoms with Gasteiger partial charge in [0.2, 0.25) is 0 Å². The fourth-order valence-corrected chi connectivity index (χ4v) is 2.47. The van der Waals surface area contributed by atoms with Gasteiger partial charge in [0.25, 0.3) is 0 Å². The third-order valence-corrected chi connectivity index (χ3v) is 3.86. The number of nitrogens with zero attached hydrogens (tertiary/aromatic N) is 1. The van der Waals surface area contributed by atoms with E-state index < -0.39 is 0 Å². The van der Waals surface area contributed by atoms with Gasteiger partial charge < -0.3 is 10.5 Å². The van der Waals surface area contributed by atoms with Gasteiger partial charge in [-0.25, -0.2) is 4.98 Å². The van der Waals surface area contributed by atoms with E-state index in [0.29, 0.717) is 13.2 Å². The standard InChI is InChI=1S/C14H18N2OS/c1-10-3-4-12(7-11(10)2)17-9-14-16-8-13(18-14)5-6-15/h3-4,7-8H,5-6,9,15H2,1-2H3. The van der Waals surface area contributed by atoms with E-state index in [1.54, 1.807) is 11.3 Å². The second kappa shape index (κ2) is 5.98. The van der Waals surface area contributed by atoms with Gasteiger partial charge in [-0.2, -0.15) is 0 Å². The zero-order valence-corrected chi connectivity index (χ0v) is 11.6. The number of thiazole rings is 1. The maximum absolute atomic E-state index is 5.74. The Balaban J connectivity index is 1.95. The molecule has 2 rings (SSSR count). The number of aromatic nitrogens is 1. The molecule has 2 N–H and O–H groups in total. The Morgan fingerprint density at radius 1 is 1.28 bits per heavy atom. The summed E-state index contributed by atoms with van der Waals surface area (Å²) in [6.07, 6.45) is 2.78. The maximum Gasteiger partial charge on any atom is 0.140 e. The summed E-state index contributed by atoms with van der Waals surface area (Å²) in [5.41, 5.74) is 8.04. The Hall–Kier alpha value is -1.39. The molecule has 1 aromatic carbocycles. The molecule has 1 aromatic heterocycles. The van der Waals surface area contributed by atoms with E-state index >= 15 is 0 Å². The number of benzene rings is 1. The molecule has 1 heterocycles. The molecule has 0 bridgehead atoms. The third kappa shape index (κ3) is 3.31. The Morgan fingerprint density at radius 2 is 2.11 bits per heavy atom. The molecule has 0 aliphatic heterocycles. The molecule has 0 spiro atoms. The van der Waals surface area contributed by atoms with Gasteiger partial charge in [0.15, 0.2) is 0 Å². The quantitative estimate of drug-likeness (QED) is 0.901. The van der Waals surface area contributed by atoms with Gasteiger partial charge >= 0.3 is 0 Å². The molecule has 4 heteroatoms. The van der Waals surface area contributed by atoms with Crippen molar-refractivity contribution in [2.75, 3.05) is 6.54 Å². The lowest BCUT2D eigenvalue weighted by molar-refractivity contribution is 0.305. The third-order valence-electron chi connectivity index (χ3n) is 2.83. The van der Waals surface area contributed by atoms with Crippen LogP contribution in [-0.4, -0.2) is 11.5 Å². The highest BCUT2D eigenvalue weighted by atomic mass is 32.1. The van der Waals surface area contributed by atoms with Crippen LogP contribution in [0.3, 0.4) is 0 Å². The van der Waals surface area contributed by atoms with E-state index in [2.05, 4.69) is 31.0 Å². The molecule has 0 atom stereocenters. The summed E-state index contributed by atoms with van der Waals surface area (Å²) in [6.45, 7) is 5.38. The maximum atomic E-state index is 5.74. The molecule has 0 saturated carbocycles. The van der Waals surface area contributed by atoms with E-state index in [1.165, 1.54) is 16.0 Å². The van der Waals surface area contributed by atoms with Crippen LogP contribution in [0.5, 0.6) is 5.75 Å². The Bertz CT molecular complexity index is 522. The van der Waals surface area contributed by atoms with Crippen molar-refractivity contribution < 1.29 is 4.74 Å². The number of rotatable bonds is 5. The molecule has 2 aromatic rings. The minimum atomic E-state index is 0.526. The summed E-state index contributed by atoms with van der Waals surface area (Å²) in [5, 5.41) is 0.997. The summed E-state index contributed by atoms with van der Waals surface area (Å²) < 4.78 is 5.74. The number of ether oxygens (including phenoxy) is 1. The molecule has 0 unspecified atom stereocenters. The number of aryl methyl sites for hydroxylation is 2. The van der Waals surface area contributed by atoms with E-state index in [0.717, 1.165) is 17.2 Å². The molecule has 3 nitrogen and oxygen atoms in total. The van der Waals surface area contributed by atoms with Crippen molar-refractivity contribution in [1.82, 2.24) is 4.98 Å². The van der Waals surface area contributed by atoms with Crippen LogP contribution < -0.4 is 10.5 Å². The lowest BCUT2D eigenvalue weighted by atomic mass is 10.1. The zero-order chi connectivity index (χ0) is 13.0. The van der Waals surface area contributed by atoms with E-state index in [9.17, 15) is 0 Å². The summed E-state index contributed by atoms with van der Waals surface area (Å²) in [4.78, 5) is 5.55. The highest BCUT2D eigenvalue weighted by molar-refractivity contribution is 7.11. The first-order chi connectivity index (χ1) is 8.69. The van der Waals surface area contributed by atoms with Gasteiger partial charge in [-0.1, -0.05) is 6.07 Å². The van der Waals surface area contributed by atoms with Crippen LogP contribution in [0.25, 0.3) is 0 Å². The van der Waals surface area contributed by atoms with Crippen LogP contribution in [0.1, 0.15) is 21.0 Å². The van der Waals surface area contributed by atoms with Crippen LogP contribution >= 0.6 is 11.3 Å². The van der Waals surface area contributed by atoms with Gasteiger partial charge in [-0.05, 0) is 50.1 Å². The van der Waals surface area contributed by atoms with Gasteiger partial charge in [-0.3, -0.25) is 0 Å². The summed E-state index contributed by atoms with van der Waals surface area (Å²) in [5.74, 6) is 0.897. The lowest BCUT2D eigenvalue weighted by Crippen LogP contribution is -2.00. The molecule has 18 heavy (non-hydrogen) atoms. The van der Waals surface area contributed by atoms with Crippen molar-refractivity contribution in [3.8, 4) is 5.75 Å². The fraction of sp³-hybridized carbons (Fsp3) is 0.357. The summed E-state index contributed by atoms with van der Waals surface area (Å²) in [6, 6.07) is 6.13. The molecule has 0 saturated heterocycles. The zero-order valence-electron chi connectivity index (χ0n) is 10.8. The lowest BCUT2D eigenvalue weighted by Gasteiger charge is -2.06. The first-order valence-electron chi connectivity index (χ1n) is 6.02. The largest absolute Gasteiger partial charge is 0.486 e. The van der Waals surface area contributed by atoms with Crippen molar-refractivity contribution in [1.29, 1.82) is 0 Å². The van der Waals surface area contributed by atoms with Gasteiger partial charge in [-0.15, -0.1) is 11.3 Å². The van der Waals surface area contributed by atoms with Crippen molar-refractivity contribution in [3.05, 3.63) is 45.4 Å². The SMILES string of the molecule is Cc1ccc(OCc2ncc(CCN)s2)cc1C. The van der Waals surface area contributed by atoms with Gasteiger partial charge in [0, 0.05) is 11.1 Å². The van der Waals surface area contributed by atoms with E-state index in [1.807, 2.05) is 12.3 Å². The Morgan fingerprint density at radius 3 is 2.83 bits per heavy atom. The second-order valence-electron chi connectivity index (χ2n) is 4.29. The van der Waals surface area contributed by atoms with Crippen molar-refractivity contribution >= 4 is 11.3 Å². The minimum Gasteiger partial charge on any atom is -0.486 e. The first kappa shape index (κ1) is 13.1. The molecule has 0 fully saturated rings. The number of nitrogens with two attached hydrogens (primary N) is 1. The van der Waals surface area contributed by atoms with Gasteiger partial charge in [0.1, 0.15) is 17.4 Å². The number of hydrogen-bond donors (Lipinski definition) is 1. The van der Waals surface area contributed by atoms with Crippen molar-refractivity contribution in [2.45, 2.75) is 26.9 Å². The van der Waals surface area contributed by atoms with E-state index in [-0.39, 0.29) is 0 Å². The summed E-state index contributed by atoms with van der Waals surface area (Å²) in [7, 11) is 0. The second-order valence-corrected chi connectivity index (χ2v) is 5.49. The Labute approximate surface area is 112 Å². The minimum absolute atomic E-state index is 0.526. The molecular weight excluding hydrogens is 244 g/mol. The molecule has 0 radical (unpaired) electrons. The molecular formula is C14H18N2OS. The Kier molecular flexibility index (Phi) is 4.33. The fourth-order valence-electron chi connectivity index (χ4n) is 1.62. The highest BCUT2D eigenvalue weighted by Gasteiger charge is 2.03. The van der Waals surface area contributed by atoms with Crippen molar-refractivity contribution in [3.63, 3.8) is 0 Å². The van der Waals surface area contributed by atoms with Crippen LogP contribution in [0.2, 0.25) is 0 Å². The number of hydrogen-bond acceptors (Lipinski definition) is 4. The van der Waals surface area contributed by atoms with Crippen LogP contribution in [-0.2, 0) is 13.0 Å². The molecule has 0 aliphatic rings. The van der Waals surface area contributed by atoms with Gasteiger partial charge in [0.05, 0.1) is 0 Å². The predicted molar refractivity (Wildman–Crippen MR) is 75.1 cm³/mol. The molecule has 0 aliphatic carbocycles. The van der Waals surface area contributed by atoms with E-state index in [4.69, 9.17) is 10.5 Å².